The van der Waals surface area contributed by atoms with E-state index in [1.54, 1.807) is 0 Å². The van der Waals surface area contributed by atoms with Gasteiger partial charge in [0.15, 0.2) is 0 Å². The summed E-state index contributed by atoms with van der Waals surface area (Å²) < 4.78 is 0. The molecule has 0 fully saturated rings. The fourth-order valence-corrected chi connectivity index (χ4v) is 4.00. The molecule has 0 aliphatic heterocycles. The lowest BCUT2D eigenvalue weighted by Gasteiger charge is -2.15. The number of hydrogen-bond acceptors (Lipinski definition) is 2. The number of rotatable bonds is 2. The van der Waals surface area contributed by atoms with Gasteiger partial charge in [0.05, 0.1) is 11.0 Å². The average Bonchev–Trinajstić information content (AvgIpc) is 2.75. The Balaban J connectivity index is 1.89. The zero-order valence-corrected chi connectivity index (χ0v) is 16.0. The first-order chi connectivity index (χ1) is 13.7. The smallest absolute Gasteiger partial charge is 0.0974 e. The molecule has 28 heavy (non-hydrogen) atoms. The summed E-state index contributed by atoms with van der Waals surface area (Å²) in [5, 5.41) is 2.29. The zero-order valence-electron chi connectivity index (χ0n) is 16.0. The van der Waals surface area contributed by atoms with Gasteiger partial charge in [-0.2, -0.15) is 0 Å². The maximum atomic E-state index is 4.96. The molecule has 2 nitrogen and oxygen atoms in total. The van der Waals surface area contributed by atoms with Crippen LogP contribution in [0.15, 0.2) is 85.1 Å². The summed E-state index contributed by atoms with van der Waals surface area (Å²) in [6.45, 7) is 4.24. The van der Waals surface area contributed by atoms with Crippen LogP contribution in [0.4, 0.5) is 0 Å². The highest BCUT2D eigenvalue weighted by molar-refractivity contribution is 6.12. The SMILES string of the molecule is Cc1nc2c(ccc3c(-c4ccccc4)ccnc32)c(-c2ccccc2)c1C. The molecular weight excluding hydrogens is 340 g/mol. The van der Waals surface area contributed by atoms with E-state index in [1.807, 2.05) is 12.3 Å². The molecule has 5 aromatic rings. The Hall–Kier alpha value is -3.52. The summed E-state index contributed by atoms with van der Waals surface area (Å²) >= 11 is 0. The summed E-state index contributed by atoms with van der Waals surface area (Å²) in [4.78, 5) is 9.70. The van der Waals surface area contributed by atoms with Crippen molar-refractivity contribution in [3.05, 3.63) is 96.3 Å². The van der Waals surface area contributed by atoms with Crippen molar-refractivity contribution in [2.24, 2.45) is 0 Å². The van der Waals surface area contributed by atoms with Crippen LogP contribution in [0.2, 0.25) is 0 Å². The molecule has 0 atom stereocenters. The molecule has 0 saturated carbocycles. The minimum Gasteiger partial charge on any atom is -0.254 e. The lowest BCUT2D eigenvalue weighted by atomic mass is 9.93. The monoisotopic (exact) mass is 360 g/mol. The van der Waals surface area contributed by atoms with Gasteiger partial charge in [0.1, 0.15) is 0 Å². The average molecular weight is 360 g/mol. The molecule has 0 unspecified atom stereocenters. The Labute approximate surface area is 164 Å². The van der Waals surface area contributed by atoms with Gasteiger partial charge in [0, 0.05) is 22.7 Å². The first-order valence-corrected chi connectivity index (χ1v) is 9.53. The van der Waals surface area contributed by atoms with Crippen LogP contribution in [-0.2, 0) is 0 Å². The van der Waals surface area contributed by atoms with Crippen LogP contribution in [0.5, 0.6) is 0 Å². The first-order valence-electron chi connectivity index (χ1n) is 9.53. The van der Waals surface area contributed by atoms with Crippen LogP contribution in [0.1, 0.15) is 11.3 Å². The fraction of sp³-hybridized carbons (Fsp3) is 0.0769. The quantitative estimate of drug-likeness (QED) is 0.326. The molecule has 0 bridgehead atoms. The molecule has 2 aromatic heterocycles. The Morgan fingerprint density at radius 1 is 0.607 bits per heavy atom. The van der Waals surface area contributed by atoms with Crippen molar-refractivity contribution in [2.45, 2.75) is 13.8 Å². The van der Waals surface area contributed by atoms with Crippen molar-refractivity contribution in [1.29, 1.82) is 0 Å². The van der Waals surface area contributed by atoms with Crippen molar-refractivity contribution in [3.8, 4) is 22.3 Å². The van der Waals surface area contributed by atoms with Crippen LogP contribution in [0.25, 0.3) is 44.1 Å². The topological polar surface area (TPSA) is 25.8 Å². The predicted molar refractivity (Wildman–Crippen MR) is 117 cm³/mol. The number of pyridine rings is 2. The van der Waals surface area contributed by atoms with Gasteiger partial charge in [0.2, 0.25) is 0 Å². The molecular formula is C26H20N2. The Bertz CT molecular complexity index is 1310. The van der Waals surface area contributed by atoms with E-state index in [-0.39, 0.29) is 0 Å². The molecule has 2 heterocycles. The van der Waals surface area contributed by atoms with Gasteiger partial charge < -0.3 is 0 Å². The van der Waals surface area contributed by atoms with Crippen LogP contribution in [0.3, 0.4) is 0 Å². The number of aryl methyl sites for hydroxylation is 1. The summed E-state index contributed by atoms with van der Waals surface area (Å²) in [6.07, 6.45) is 1.89. The van der Waals surface area contributed by atoms with E-state index in [1.165, 1.54) is 27.8 Å². The highest BCUT2D eigenvalue weighted by atomic mass is 14.8. The number of fused-ring (bicyclic) bond motifs is 3. The van der Waals surface area contributed by atoms with E-state index in [0.29, 0.717) is 0 Å². The molecule has 5 rings (SSSR count). The molecule has 0 amide bonds. The van der Waals surface area contributed by atoms with Crippen molar-refractivity contribution in [2.75, 3.05) is 0 Å². The molecule has 0 aliphatic carbocycles. The summed E-state index contributed by atoms with van der Waals surface area (Å²) in [7, 11) is 0. The van der Waals surface area contributed by atoms with E-state index >= 15 is 0 Å². The second-order valence-corrected chi connectivity index (χ2v) is 7.15. The minimum atomic E-state index is 0.958. The van der Waals surface area contributed by atoms with Crippen molar-refractivity contribution in [1.82, 2.24) is 9.97 Å². The van der Waals surface area contributed by atoms with Crippen molar-refractivity contribution >= 4 is 21.8 Å². The molecule has 0 spiro atoms. The summed E-state index contributed by atoms with van der Waals surface area (Å²) in [5.41, 5.74) is 9.04. The molecule has 3 aromatic carbocycles. The number of benzene rings is 3. The second kappa shape index (κ2) is 6.58. The van der Waals surface area contributed by atoms with E-state index in [4.69, 9.17) is 9.97 Å². The van der Waals surface area contributed by atoms with Crippen LogP contribution < -0.4 is 0 Å². The number of aromatic nitrogens is 2. The number of hydrogen-bond donors (Lipinski definition) is 0. The molecule has 0 N–H and O–H groups in total. The Morgan fingerprint density at radius 2 is 1.25 bits per heavy atom. The zero-order chi connectivity index (χ0) is 19.1. The molecule has 2 heteroatoms. The van der Waals surface area contributed by atoms with Gasteiger partial charge >= 0.3 is 0 Å². The minimum absolute atomic E-state index is 0.958. The third-order valence-corrected chi connectivity index (χ3v) is 5.50. The van der Waals surface area contributed by atoms with Crippen molar-refractivity contribution < 1.29 is 0 Å². The van der Waals surface area contributed by atoms with Gasteiger partial charge in [0.25, 0.3) is 0 Å². The Kier molecular flexibility index (Phi) is 3.91. The standard InChI is InChI=1S/C26H20N2/c1-17-18(2)28-26-23(24(17)20-11-7-4-8-12-20)14-13-22-21(15-16-27-25(22)26)19-9-5-3-6-10-19/h3-16H,1-2H3. The highest BCUT2D eigenvalue weighted by Gasteiger charge is 2.15. The maximum Gasteiger partial charge on any atom is 0.0974 e. The lowest BCUT2D eigenvalue weighted by molar-refractivity contribution is 1.20. The maximum absolute atomic E-state index is 4.96. The van der Waals surface area contributed by atoms with Gasteiger partial charge in [-0.25, -0.2) is 0 Å². The molecule has 0 saturated heterocycles. The number of nitrogens with zero attached hydrogens (tertiary/aromatic N) is 2. The van der Waals surface area contributed by atoms with Crippen LogP contribution >= 0.6 is 0 Å². The van der Waals surface area contributed by atoms with Gasteiger partial charge in [-0.3, -0.25) is 9.97 Å². The van der Waals surface area contributed by atoms with Gasteiger partial charge in [-0.05, 0) is 47.7 Å². The predicted octanol–water partition coefficient (Wildman–Crippen LogP) is 6.73. The van der Waals surface area contributed by atoms with Gasteiger partial charge in [-0.1, -0.05) is 72.8 Å². The highest BCUT2D eigenvalue weighted by Crippen LogP contribution is 2.37. The van der Waals surface area contributed by atoms with E-state index in [0.717, 1.165) is 27.5 Å². The third-order valence-electron chi connectivity index (χ3n) is 5.50. The summed E-state index contributed by atoms with van der Waals surface area (Å²) in [6, 6.07) is 27.5. The first kappa shape index (κ1) is 16.6. The molecule has 0 aliphatic rings. The third kappa shape index (κ3) is 2.57. The Morgan fingerprint density at radius 3 is 1.96 bits per heavy atom. The fourth-order valence-electron chi connectivity index (χ4n) is 4.00. The second-order valence-electron chi connectivity index (χ2n) is 7.15. The molecule has 134 valence electrons. The van der Waals surface area contributed by atoms with E-state index < -0.39 is 0 Å². The van der Waals surface area contributed by atoms with Crippen molar-refractivity contribution in [3.63, 3.8) is 0 Å². The van der Waals surface area contributed by atoms with Crippen LogP contribution in [-0.4, -0.2) is 9.97 Å². The van der Waals surface area contributed by atoms with Crippen LogP contribution in [0, 0.1) is 13.8 Å². The van der Waals surface area contributed by atoms with E-state index in [9.17, 15) is 0 Å². The lowest BCUT2D eigenvalue weighted by Crippen LogP contribution is -1.96. The molecule has 0 radical (unpaired) electrons. The normalized spacial score (nSPS) is 11.2. The summed E-state index contributed by atoms with van der Waals surface area (Å²) in [5.74, 6) is 0. The largest absolute Gasteiger partial charge is 0.254 e. The van der Waals surface area contributed by atoms with E-state index in [2.05, 4.69) is 86.6 Å². The van der Waals surface area contributed by atoms with Gasteiger partial charge in [-0.15, -0.1) is 0 Å².